The van der Waals surface area contributed by atoms with Crippen LogP contribution in [0, 0.1) is 0 Å². The maximum Gasteiger partial charge on any atom is 0.258 e. The molecule has 0 unspecified atom stereocenters. The number of nitrogens with one attached hydrogen (secondary N) is 1. The fourth-order valence-electron chi connectivity index (χ4n) is 1.18. The first-order valence-electron chi connectivity index (χ1n) is 4.79. The molecule has 88 valence electrons. The van der Waals surface area contributed by atoms with Crippen LogP contribution in [-0.4, -0.2) is 5.91 Å². The predicted molar refractivity (Wildman–Crippen MR) is 76.2 cm³/mol. The Morgan fingerprint density at radius 2 is 1.94 bits per heavy atom. The maximum absolute atomic E-state index is 12.0. The van der Waals surface area contributed by atoms with E-state index in [0.717, 1.165) is 0 Å². The van der Waals surface area contributed by atoms with E-state index < -0.39 is 0 Å². The van der Waals surface area contributed by atoms with Gasteiger partial charge in [0.15, 0.2) is 0 Å². The molecule has 0 bridgehead atoms. The molecular formula is C13H11BrClNO. The second-order valence-corrected chi connectivity index (χ2v) is 4.52. The SMILES string of the molecule is C=C/C(Cl)=C(\C(=C)Br)C(=O)Nc1ccccc1. The Kier molecular flexibility index (Phi) is 5.19. The van der Waals surface area contributed by atoms with Crippen LogP contribution < -0.4 is 5.32 Å². The Labute approximate surface area is 114 Å². The van der Waals surface area contributed by atoms with Gasteiger partial charge in [-0.1, -0.05) is 58.9 Å². The van der Waals surface area contributed by atoms with Crippen LogP contribution in [0.1, 0.15) is 0 Å². The predicted octanol–water partition coefficient (Wildman–Crippen LogP) is 4.21. The molecule has 1 aromatic rings. The molecule has 0 spiro atoms. The summed E-state index contributed by atoms with van der Waals surface area (Å²) in [7, 11) is 0. The fourth-order valence-corrected chi connectivity index (χ4v) is 1.89. The Balaban J connectivity index is 2.96. The van der Waals surface area contributed by atoms with Crippen molar-refractivity contribution < 1.29 is 4.79 Å². The number of allylic oxidation sites excluding steroid dienone is 2. The Morgan fingerprint density at radius 3 is 2.41 bits per heavy atom. The van der Waals surface area contributed by atoms with Crippen molar-refractivity contribution in [3.8, 4) is 0 Å². The highest BCUT2D eigenvalue weighted by molar-refractivity contribution is 9.12. The number of halogens is 2. The number of benzene rings is 1. The van der Waals surface area contributed by atoms with Gasteiger partial charge in [0.05, 0.1) is 10.6 Å². The van der Waals surface area contributed by atoms with E-state index in [1.54, 1.807) is 12.1 Å². The monoisotopic (exact) mass is 311 g/mol. The van der Waals surface area contributed by atoms with Crippen molar-refractivity contribution >= 4 is 39.1 Å². The minimum atomic E-state index is -0.331. The maximum atomic E-state index is 12.0. The zero-order valence-electron chi connectivity index (χ0n) is 9.04. The van der Waals surface area contributed by atoms with Crippen LogP contribution in [0.25, 0.3) is 0 Å². The van der Waals surface area contributed by atoms with Gasteiger partial charge in [-0.15, -0.1) is 0 Å². The highest BCUT2D eigenvalue weighted by atomic mass is 79.9. The van der Waals surface area contributed by atoms with Gasteiger partial charge in [-0.2, -0.15) is 0 Å². The molecule has 0 aliphatic rings. The summed E-state index contributed by atoms with van der Waals surface area (Å²) in [5.74, 6) is -0.331. The third-order valence-corrected chi connectivity index (χ3v) is 2.69. The zero-order chi connectivity index (χ0) is 12.8. The molecule has 4 heteroatoms. The summed E-state index contributed by atoms with van der Waals surface area (Å²) in [4.78, 5) is 12.0. The first-order valence-corrected chi connectivity index (χ1v) is 5.96. The standard InChI is InChI=1S/C13H11BrClNO/c1-3-11(15)12(9(2)14)13(17)16-10-7-5-4-6-8-10/h3-8H,1-2H2,(H,16,17)/b12-11-. The molecule has 2 nitrogen and oxygen atoms in total. The molecular weight excluding hydrogens is 302 g/mol. The van der Waals surface area contributed by atoms with Gasteiger partial charge in [-0.25, -0.2) is 0 Å². The van der Waals surface area contributed by atoms with Gasteiger partial charge >= 0.3 is 0 Å². The van der Waals surface area contributed by atoms with E-state index in [1.165, 1.54) is 6.08 Å². The summed E-state index contributed by atoms with van der Waals surface area (Å²) in [5, 5.41) is 2.97. The molecule has 0 heterocycles. The van der Waals surface area contributed by atoms with Crippen LogP contribution in [0.4, 0.5) is 5.69 Å². The lowest BCUT2D eigenvalue weighted by Crippen LogP contribution is -2.15. The average molecular weight is 313 g/mol. The molecule has 0 saturated heterocycles. The summed E-state index contributed by atoms with van der Waals surface area (Å²) < 4.78 is 0.413. The quantitative estimate of drug-likeness (QED) is 0.655. The summed E-state index contributed by atoms with van der Waals surface area (Å²) >= 11 is 9.05. The third-order valence-electron chi connectivity index (χ3n) is 1.95. The minimum absolute atomic E-state index is 0.250. The molecule has 1 amide bonds. The lowest BCUT2D eigenvalue weighted by molar-refractivity contribution is -0.112. The van der Waals surface area contributed by atoms with Crippen molar-refractivity contribution in [2.75, 3.05) is 5.32 Å². The van der Waals surface area contributed by atoms with E-state index in [0.29, 0.717) is 10.2 Å². The lowest BCUT2D eigenvalue weighted by Gasteiger charge is -2.08. The minimum Gasteiger partial charge on any atom is -0.322 e. The molecule has 1 N–H and O–H groups in total. The van der Waals surface area contributed by atoms with Crippen LogP contribution in [0.15, 0.2) is 64.7 Å². The average Bonchev–Trinajstić information content (AvgIpc) is 2.29. The second-order valence-electron chi connectivity index (χ2n) is 3.15. The van der Waals surface area contributed by atoms with Crippen molar-refractivity contribution in [3.05, 3.63) is 64.7 Å². The summed E-state index contributed by atoms with van der Waals surface area (Å²) in [5.41, 5.74) is 0.961. The van der Waals surface area contributed by atoms with E-state index in [9.17, 15) is 4.79 Å². The van der Waals surface area contributed by atoms with Crippen molar-refractivity contribution in [1.82, 2.24) is 0 Å². The molecule has 0 radical (unpaired) electrons. The fraction of sp³-hybridized carbons (Fsp3) is 0. The molecule has 0 fully saturated rings. The molecule has 0 saturated carbocycles. The number of carbonyl (C=O) groups is 1. The van der Waals surface area contributed by atoms with Gasteiger partial charge in [0, 0.05) is 10.2 Å². The smallest absolute Gasteiger partial charge is 0.258 e. The highest BCUT2D eigenvalue weighted by Crippen LogP contribution is 2.23. The number of hydrogen-bond donors (Lipinski definition) is 1. The molecule has 17 heavy (non-hydrogen) atoms. The van der Waals surface area contributed by atoms with Crippen molar-refractivity contribution in [2.45, 2.75) is 0 Å². The largest absolute Gasteiger partial charge is 0.322 e. The van der Waals surface area contributed by atoms with Crippen LogP contribution in [0.3, 0.4) is 0 Å². The van der Waals surface area contributed by atoms with E-state index >= 15 is 0 Å². The molecule has 0 aliphatic carbocycles. The van der Waals surface area contributed by atoms with Crippen molar-refractivity contribution in [1.29, 1.82) is 0 Å². The first kappa shape index (κ1) is 13.7. The number of amides is 1. The Morgan fingerprint density at radius 1 is 1.35 bits per heavy atom. The van der Waals surface area contributed by atoms with E-state index in [1.807, 2.05) is 18.2 Å². The molecule has 0 atom stereocenters. The van der Waals surface area contributed by atoms with Crippen LogP contribution in [-0.2, 0) is 4.79 Å². The van der Waals surface area contributed by atoms with Gasteiger partial charge in [0.25, 0.3) is 5.91 Å². The molecule has 0 aliphatic heterocycles. The van der Waals surface area contributed by atoms with Crippen LogP contribution in [0.5, 0.6) is 0 Å². The Hall–Kier alpha value is -1.32. The first-order chi connectivity index (χ1) is 8.06. The van der Waals surface area contributed by atoms with E-state index in [2.05, 4.69) is 34.4 Å². The van der Waals surface area contributed by atoms with Crippen molar-refractivity contribution in [3.63, 3.8) is 0 Å². The van der Waals surface area contributed by atoms with Crippen molar-refractivity contribution in [2.24, 2.45) is 0 Å². The zero-order valence-corrected chi connectivity index (χ0v) is 11.4. The van der Waals surface area contributed by atoms with E-state index in [4.69, 9.17) is 11.6 Å². The molecule has 1 rings (SSSR count). The van der Waals surface area contributed by atoms with Gasteiger partial charge in [-0.05, 0) is 18.2 Å². The van der Waals surface area contributed by atoms with Gasteiger partial charge in [0.1, 0.15) is 0 Å². The van der Waals surface area contributed by atoms with Gasteiger partial charge < -0.3 is 5.32 Å². The normalized spacial score (nSPS) is 11.4. The number of rotatable bonds is 4. The topological polar surface area (TPSA) is 29.1 Å². The number of para-hydroxylation sites is 1. The van der Waals surface area contributed by atoms with Crippen LogP contribution in [0.2, 0.25) is 0 Å². The molecule has 0 aromatic heterocycles. The third kappa shape index (κ3) is 3.88. The highest BCUT2D eigenvalue weighted by Gasteiger charge is 2.14. The lowest BCUT2D eigenvalue weighted by atomic mass is 10.2. The Bertz CT molecular complexity index is 479. The second kappa shape index (κ2) is 6.42. The summed E-state index contributed by atoms with van der Waals surface area (Å²) in [6.07, 6.45) is 1.40. The van der Waals surface area contributed by atoms with Gasteiger partial charge in [0.2, 0.25) is 0 Å². The van der Waals surface area contributed by atoms with Crippen LogP contribution >= 0.6 is 27.5 Å². The summed E-state index contributed by atoms with van der Waals surface area (Å²) in [6, 6.07) is 9.10. The number of hydrogen-bond acceptors (Lipinski definition) is 1. The van der Waals surface area contributed by atoms with Gasteiger partial charge in [-0.3, -0.25) is 4.79 Å². The molecule has 1 aromatic carbocycles. The van der Waals surface area contributed by atoms with E-state index in [-0.39, 0.29) is 16.5 Å². The number of anilines is 1. The number of carbonyl (C=O) groups excluding carboxylic acids is 1. The summed E-state index contributed by atoms with van der Waals surface area (Å²) in [6.45, 7) is 7.17.